The van der Waals surface area contributed by atoms with Crippen LogP contribution in [0.25, 0.3) is 38.6 Å². The largest absolute Gasteiger partial charge is 0.492 e. The van der Waals surface area contributed by atoms with Crippen LogP contribution in [-0.4, -0.2) is 75.3 Å². The Kier molecular flexibility index (Phi) is 10.1. The van der Waals surface area contributed by atoms with Gasteiger partial charge in [-0.2, -0.15) is 10.2 Å². The molecular weight excluding hydrogens is 719 g/mol. The fourth-order valence-corrected chi connectivity index (χ4v) is 6.82. The lowest BCUT2D eigenvalue weighted by Crippen LogP contribution is -2.38. The second kappa shape index (κ2) is 16.3. The molecule has 4 heterocycles. The fourth-order valence-electron chi connectivity index (χ4n) is 6.82. The van der Waals surface area contributed by atoms with E-state index >= 15 is 0 Å². The van der Waals surface area contributed by atoms with E-state index in [9.17, 15) is 4.79 Å². The molecule has 9 rings (SSSR count). The summed E-state index contributed by atoms with van der Waals surface area (Å²) in [6.07, 6.45) is 3.48. The number of urea groups is 1. The average molecular weight is 758 g/mol. The number of fused-ring (bicyclic) bond motifs is 2. The molecule has 3 aromatic heterocycles. The molecule has 284 valence electrons. The summed E-state index contributed by atoms with van der Waals surface area (Å²) < 4.78 is 19.7. The molecule has 57 heavy (non-hydrogen) atoms. The van der Waals surface area contributed by atoms with Gasteiger partial charge in [0.2, 0.25) is 0 Å². The Hall–Kier alpha value is -7.22. The average Bonchev–Trinajstić information content (AvgIpc) is 3.90. The van der Waals surface area contributed by atoms with Crippen molar-refractivity contribution in [3.05, 3.63) is 140 Å². The van der Waals surface area contributed by atoms with Crippen molar-refractivity contribution in [3.8, 4) is 34.2 Å². The van der Waals surface area contributed by atoms with Crippen molar-refractivity contribution < 1.29 is 19.0 Å². The molecule has 1 saturated heterocycles. The van der Waals surface area contributed by atoms with Gasteiger partial charge in [-0.3, -0.25) is 15.3 Å². The van der Waals surface area contributed by atoms with Crippen LogP contribution in [0.15, 0.2) is 140 Å². The first-order valence-corrected chi connectivity index (χ1v) is 18.7. The number of nitrogens with zero attached hydrogens (tertiary/aromatic N) is 5. The Morgan fingerprint density at radius 1 is 0.807 bits per heavy atom. The van der Waals surface area contributed by atoms with Gasteiger partial charge < -0.3 is 24.8 Å². The number of H-pyrrole nitrogens is 1. The van der Waals surface area contributed by atoms with E-state index in [-0.39, 0.29) is 0 Å². The summed E-state index contributed by atoms with van der Waals surface area (Å²) in [6.45, 7) is 4.66. The summed E-state index contributed by atoms with van der Waals surface area (Å²) >= 11 is 0. The first kappa shape index (κ1) is 35.5. The third-order valence-corrected chi connectivity index (χ3v) is 9.67. The molecule has 0 spiro atoms. The smallest absolute Gasteiger partial charge is 0.324 e. The van der Waals surface area contributed by atoms with Crippen molar-refractivity contribution >= 4 is 50.7 Å². The molecule has 13 heteroatoms. The number of amides is 2. The van der Waals surface area contributed by atoms with Crippen LogP contribution in [0.3, 0.4) is 0 Å². The lowest BCUT2D eigenvalue weighted by molar-refractivity contribution is 0.0322. The van der Waals surface area contributed by atoms with Crippen molar-refractivity contribution in [2.45, 2.75) is 0 Å². The second-order valence-electron chi connectivity index (χ2n) is 13.5. The number of ether oxygens (including phenoxy) is 3. The van der Waals surface area contributed by atoms with Crippen LogP contribution in [0.5, 0.6) is 17.2 Å². The Morgan fingerprint density at radius 3 is 2.56 bits per heavy atom. The number of hydrogen-bond acceptors (Lipinski definition) is 9. The van der Waals surface area contributed by atoms with E-state index in [1.54, 1.807) is 23.1 Å². The molecule has 1 aliphatic heterocycles. The molecule has 1 aliphatic rings. The quantitative estimate of drug-likeness (QED) is 0.0961. The number of carbonyl (C=O) groups is 1. The normalized spacial score (nSPS) is 13.1. The van der Waals surface area contributed by atoms with Gasteiger partial charge in [0, 0.05) is 71.4 Å². The van der Waals surface area contributed by atoms with Gasteiger partial charge in [0.25, 0.3) is 0 Å². The highest BCUT2D eigenvalue weighted by atomic mass is 16.5. The molecule has 2 amide bonds. The van der Waals surface area contributed by atoms with Gasteiger partial charge in [-0.05, 0) is 48.5 Å². The van der Waals surface area contributed by atoms with E-state index in [2.05, 4.69) is 36.0 Å². The molecule has 13 nitrogen and oxygen atoms in total. The van der Waals surface area contributed by atoms with Gasteiger partial charge in [-0.1, -0.05) is 60.7 Å². The lowest BCUT2D eigenvalue weighted by Gasteiger charge is -2.26. The molecule has 0 saturated carbocycles. The summed E-state index contributed by atoms with van der Waals surface area (Å²) in [5, 5.41) is 24.1. The van der Waals surface area contributed by atoms with E-state index in [0.29, 0.717) is 46.9 Å². The molecule has 0 atom stereocenters. The zero-order chi connectivity index (χ0) is 38.4. The number of benzene rings is 5. The second-order valence-corrected chi connectivity index (χ2v) is 13.5. The monoisotopic (exact) mass is 757 g/mol. The predicted octanol–water partition coefficient (Wildman–Crippen LogP) is 8.85. The number of pyridine rings is 1. The molecule has 0 bridgehead atoms. The van der Waals surface area contributed by atoms with E-state index in [0.717, 1.165) is 71.5 Å². The molecule has 5 aromatic carbocycles. The fraction of sp³-hybridized carbons (Fsp3) is 0.136. The van der Waals surface area contributed by atoms with E-state index in [1.807, 2.05) is 121 Å². The third-order valence-electron chi connectivity index (χ3n) is 9.67. The van der Waals surface area contributed by atoms with E-state index in [1.165, 1.54) is 0 Å². The molecule has 1 fully saturated rings. The Bertz CT molecular complexity index is 2650. The minimum atomic E-state index is -0.425. The van der Waals surface area contributed by atoms with Crippen LogP contribution in [0.1, 0.15) is 0 Å². The highest BCUT2D eigenvalue weighted by molar-refractivity contribution is 6.07. The number of hydrogen-bond donors (Lipinski definition) is 4. The Labute approximate surface area is 328 Å². The SMILES string of the molecule is O=C(Nc1ccc(Oc2ccnc(Nc3ccc4[nH]ncc4c3)c2)c2ccccc12)Nc1cc(-c2ccccc2)nn1-c1cccc(OCCN2CCOCC2)c1. The molecule has 0 aliphatic carbocycles. The van der Waals surface area contributed by atoms with Crippen LogP contribution < -0.4 is 25.4 Å². The number of anilines is 4. The van der Waals surface area contributed by atoms with Gasteiger partial charge >= 0.3 is 6.03 Å². The maximum Gasteiger partial charge on any atom is 0.324 e. The summed E-state index contributed by atoms with van der Waals surface area (Å²) in [7, 11) is 0. The highest BCUT2D eigenvalue weighted by Gasteiger charge is 2.17. The molecule has 8 aromatic rings. The number of morpholine rings is 1. The number of aromatic amines is 1. The number of carbonyl (C=O) groups excluding carboxylic acids is 1. The zero-order valence-electron chi connectivity index (χ0n) is 30.9. The van der Waals surface area contributed by atoms with Crippen molar-refractivity contribution in [2.75, 3.05) is 55.4 Å². The zero-order valence-corrected chi connectivity index (χ0v) is 30.9. The number of rotatable bonds is 12. The minimum absolute atomic E-state index is 0.425. The highest BCUT2D eigenvalue weighted by Crippen LogP contribution is 2.35. The van der Waals surface area contributed by atoms with Gasteiger partial charge in [-0.15, -0.1) is 0 Å². The number of nitrogens with one attached hydrogen (secondary N) is 4. The standard InChI is InChI=1S/C44H39N9O4/c54-44(49-43-28-40(30-7-2-1-3-8-30)51-53(43)33-9-6-10-34(26-33)56-24-21-52-19-22-55-23-20-52)48-39-15-16-41(37-12-5-4-11-36(37)39)57-35-17-18-45-42(27-35)47-32-13-14-38-31(25-32)29-46-50-38/h1-18,25-29H,19-24H2,(H,45,47)(H,46,50)(H2,48,49,54). The van der Waals surface area contributed by atoms with Crippen molar-refractivity contribution in [1.29, 1.82) is 0 Å². The molecule has 0 radical (unpaired) electrons. The molecule has 0 unspecified atom stereocenters. The third kappa shape index (κ3) is 8.25. The molecule has 4 N–H and O–H groups in total. The van der Waals surface area contributed by atoms with Gasteiger partial charge in [0.05, 0.1) is 42.0 Å². The maximum atomic E-state index is 13.8. The van der Waals surface area contributed by atoms with Crippen LogP contribution in [0, 0.1) is 0 Å². The number of aromatic nitrogens is 5. The van der Waals surface area contributed by atoms with Gasteiger partial charge in [0.1, 0.15) is 35.5 Å². The van der Waals surface area contributed by atoms with E-state index in [4.69, 9.17) is 19.3 Å². The van der Waals surface area contributed by atoms with E-state index < -0.39 is 6.03 Å². The predicted molar refractivity (Wildman–Crippen MR) is 222 cm³/mol. The first-order chi connectivity index (χ1) is 28.1. The summed E-state index contributed by atoms with van der Waals surface area (Å²) in [5.41, 5.74) is 4.84. The summed E-state index contributed by atoms with van der Waals surface area (Å²) in [5.74, 6) is 3.08. The van der Waals surface area contributed by atoms with Crippen LogP contribution in [0.4, 0.5) is 27.8 Å². The minimum Gasteiger partial charge on any atom is -0.492 e. The van der Waals surface area contributed by atoms with Crippen LogP contribution in [0.2, 0.25) is 0 Å². The lowest BCUT2D eigenvalue weighted by atomic mass is 10.1. The summed E-state index contributed by atoms with van der Waals surface area (Å²) in [6, 6.07) is 40.1. The topological polar surface area (TPSA) is 143 Å². The van der Waals surface area contributed by atoms with Crippen molar-refractivity contribution in [3.63, 3.8) is 0 Å². The van der Waals surface area contributed by atoms with Crippen molar-refractivity contribution in [1.82, 2.24) is 29.9 Å². The maximum absolute atomic E-state index is 13.8. The van der Waals surface area contributed by atoms with Crippen LogP contribution >= 0.6 is 0 Å². The van der Waals surface area contributed by atoms with Crippen LogP contribution in [-0.2, 0) is 4.74 Å². The van der Waals surface area contributed by atoms with Gasteiger partial charge in [-0.25, -0.2) is 14.5 Å². The summed E-state index contributed by atoms with van der Waals surface area (Å²) in [4.78, 5) is 20.6. The molecular formula is C44H39N9O4. The van der Waals surface area contributed by atoms with Gasteiger partial charge in [0.15, 0.2) is 0 Å². The Balaban J connectivity index is 0.926. The Morgan fingerprint density at radius 2 is 1.67 bits per heavy atom. The first-order valence-electron chi connectivity index (χ1n) is 18.7. The van der Waals surface area contributed by atoms with Crippen molar-refractivity contribution in [2.24, 2.45) is 0 Å².